The Labute approximate surface area is 81.4 Å². The van der Waals surface area contributed by atoms with Crippen molar-refractivity contribution in [3.63, 3.8) is 0 Å². The lowest BCUT2D eigenvalue weighted by Crippen LogP contribution is -2.41. The Bertz CT molecular complexity index is 314. The average molecular weight is 200 g/mol. The first-order valence-electron chi connectivity index (χ1n) is 4.28. The number of aliphatic hydroxyl groups excluding tert-OH is 2. The van der Waals surface area contributed by atoms with Gasteiger partial charge in [-0.15, -0.1) is 0 Å². The van der Waals surface area contributed by atoms with Crippen molar-refractivity contribution in [2.75, 3.05) is 6.61 Å². The summed E-state index contributed by atoms with van der Waals surface area (Å²) in [5.74, 6) is -0.648. The number of benzene rings is 1. The molecule has 14 heavy (non-hydrogen) atoms. The number of rotatable bonds is 3. The minimum absolute atomic E-state index is 0.0995. The fourth-order valence-electron chi connectivity index (χ4n) is 1.25. The third-order valence-corrected chi connectivity index (χ3v) is 2.27. The van der Waals surface area contributed by atoms with Gasteiger partial charge >= 0.3 is 0 Å². The molecular formula is C10H13FO3. The Morgan fingerprint density at radius 1 is 1.43 bits per heavy atom. The summed E-state index contributed by atoms with van der Waals surface area (Å²) in [5, 5.41) is 28.0. The average Bonchev–Trinajstić information content (AvgIpc) is 2.17. The summed E-state index contributed by atoms with van der Waals surface area (Å²) in [5.41, 5.74) is -2.04. The standard InChI is InChI=1S/C10H13FO3/c1-7(13)10(14,6-12)8-4-2-3-5-9(8)11/h2-5,7,12-14H,6H2,1H3. The van der Waals surface area contributed by atoms with E-state index in [1.54, 1.807) is 0 Å². The largest absolute Gasteiger partial charge is 0.393 e. The molecule has 0 spiro atoms. The Hall–Kier alpha value is -0.970. The van der Waals surface area contributed by atoms with E-state index in [1.807, 2.05) is 0 Å². The maximum Gasteiger partial charge on any atom is 0.141 e. The van der Waals surface area contributed by atoms with Crippen LogP contribution >= 0.6 is 0 Å². The number of hydrogen-bond donors (Lipinski definition) is 3. The van der Waals surface area contributed by atoms with Gasteiger partial charge in [0.05, 0.1) is 12.7 Å². The van der Waals surface area contributed by atoms with Crippen LogP contribution in [0.25, 0.3) is 0 Å². The maximum absolute atomic E-state index is 13.3. The van der Waals surface area contributed by atoms with Crippen molar-refractivity contribution in [3.8, 4) is 0 Å². The molecule has 2 atom stereocenters. The lowest BCUT2D eigenvalue weighted by molar-refractivity contribution is -0.105. The van der Waals surface area contributed by atoms with Crippen LogP contribution in [-0.4, -0.2) is 28.0 Å². The van der Waals surface area contributed by atoms with Crippen molar-refractivity contribution < 1.29 is 19.7 Å². The molecule has 0 aromatic heterocycles. The summed E-state index contributed by atoms with van der Waals surface area (Å²) < 4.78 is 13.3. The van der Waals surface area contributed by atoms with Crippen LogP contribution in [0.5, 0.6) is 0 Å². The minimum Gasteiger partial charge on any atom is -0.393 e. The van der Waals surface area contributed by atoms with Gasteiger partial charge in [-0.1, -0.05) is 18.2 Å². The van der Waals surface area contributed by atoms with Gasteiger partial charge in [0, 0.05) is 5.56 Å². The molecule has 0 bridgehead atoms. The van der Waals surface area contributed by atoms with Gasteiger partial charge < -0.3 is 15.3 Å². The first-order valence-corrected chi connectivity index (χ1v) is 4.28. The molecule has 4 heteroatoms. The third-order valence-electron chi connectivity index (χ3n) is 2.27. The molecule has 0 aliphatic heterocycles. The zero-order valence-corrected chi connectivity index (χ0v) is 7.81. The molecule has 0 heterocycles. The summed E-state index contributed by atoms with van der Waals surface area (Å²) in [6, 6.07) is 5.50. The number of hydrogen-bond acceptors (Lipinski definition) is 3. The van der Waals surface area contributed by atoms with Crippen molar-refractivity contribution in [1.82, 2.24) is 0 Å². The highest BCUT2D eigenvalue weighted by Crippen LogP contribution is 2.26. The second kappa shape index (κ2) is 4.04. The van der Waals surface area contributed by atoms with E-state index in [1.165, 1.54) is 31.2 Å². The topological polar surface area (TPSA) is 60.7 Å². The van der Waals surface area contributed by atoms with E-state index in [9.17, 15) is 14.6 Å². The fraction of sp³-hybridized carbons (Fsp3) is 0.400. The third kappa shape index (κ3) is 1.77. The zero-order valence-electron chi connectivity index (χ0n) is 7.81. The van der Waals surface area contributed by atoms with Crippen molar-refractivity contribution in [2.24, 2.45) is 0 Å². The van der Waals surface area contributed by atoms with E-state index in [0.29, 0.717) is 0 Å². The zero-order chi connectivity index (χ0) is 10.8. The minimum atomic E-state index is -1.94. The van der Waals surface area contributed by atoms with E-state index < -0.39 is 24.1 Å². The van der Waals surface area contributed by atoms with Gasteiger partial charge in [-0.25, -0.2) is 4.39 Å². The van der Waals surface area contributed by atoms with Crippen LogP contribution in [0.3, 0.4) is 0 Å². The van der Waals surface area contributed by atoms with Crippen molar-refractivity contribution in [1.29, 1.82) is 0 Å². The van der Waals surface area contributed by atoms with Crippen LogP contribution in [0.1, 0.15) is 12.5 Å². The Kier molecular flexibility index (Phi) is 3.21. The SMILES string of the molecule is CC(O)C(O)(CO)c1ccccc1F. The Balaban J connectivity index is 3.19. The van der Waals surface area contributed by atoms with Crippen LogP contribution in [-0.2, 0) is 5.60 Å². The summed E-state index contributed by atoms with van der Waals surface area (Å²) in [7, 11) is 0. The predicted molar refractivity (Wildman–Crippen MR) is 49.1 cm³/mol. The fourth-order valence-corrected chi connectivity index (χ4v) is 1.25. The molecule has 0 saturated carbocycles. The van der Waals surface area contributed by atoms with Gasteiger partial charge in [-0.3, -0.25) is 0 Å². The van der Waals surface area contributed by atoms with Crippen molar-refractivity contribution >= 4 is 0 Å². The van der Waals surface area contributed by atoms with Gasteiger partial charge in [0.1, 0.15) is 11.4 Å². The van der Waals surface area contributed by atoms with Crippen molar-refractivity contribution in [2.45, 2.75) is 18.6 Å². The highest BCUT2D eigenvalue weighted by Gasteiger charge is 2.36. The number of halogens is 1. The predicted octanol–water partition coefficient (Wildman–Crippen LogP) is 0.386. The molecule has 3 nitrogen and oxygen atoms in total. The molecule has 1 aromatic rings. The summed E-state index contributed by atoms with van der Waals surface area (Å²) in [6.07, 6.45) is -1.25. The molecule has 1 rings (SSSR count). The van der Waals surface area contributed by atoms with Crippen LogP contribution < -0.4 is 0 Å². The maximum atomic E-state index is 13.3. The lowest BCUT2D eigenvalue weighted by atomic mass is 9.89. The monoisotopic (exact) mass is 200 g/mol. The molecule has 0 aliphatic rings. The first kappa shape index (κ1) is 11.1. The van der Waals surface area contributed by atoms with Gasteiger partial charge in [0.2, 0.25) is 0 Å². The quantitative estimate of drug-likeness (QED) is 0.661. The van der Waals surface area contributed by atoms with Crippen LogP contribution in [0.2, 0.25) is 0 Å². The highest BCUT2D eigenvalue weighted by molar-refractivity contribution is 5.25. The molecule has 3 N–H and O–H groups in total. The Morgan fingerprint density at radius 3 is 2.43 bits per heavy atom. The van der Waals surface area contributed by atoms with E-state index >= 15 is 0 Å². The molecule has 0 saturated heterocycles. The van der Waals surface area contributed by atoms with Gasteiger partial charge in [0.25, 0.3) is 0 Å². The van der Waals surface area contributed by atoms with Gasteiger partial charge in [-0.05, 0) is 13.0 Å². The first-order chi connectivity index (χ1) is 6.52. The van der Waals surface area contributed by atoms with E-state index in [2.05, 4.69) is 0 Å². The molecule has 0 aliphatic carbocycles. The van der Waals surface area contributed by atoms with E-state index in [4.69, 9.17) is 5.11 Å². The molecule has 78 valence electrons. The van der Waals surface area contributed by atoms with Crippen LogP contribution in [0.4, 0.5) is 4.39 Å². The summed E-state index contributed by atoms with van der Waals surface area (Å²) in [6.45, 7) is 0.564. The van der Waals surface area contributed by atoms with Crippen LogP contribution in [0.15, 0.2) is 24.3 Å². The number of aliphatic hydroxyl groups is 3. The van der Waals surface area contributed by atoms with E-state index in [0.717, 1.165) is 0 Å². The normalized spacial score (nSPS) is 17.5. The molecule has 1 aromatic carbocycles. The van der Waals surface area contributed by atoms with Gasteiger partial charge in [-0.2, -0.15) is 0 Å². The smallest absolute Gasteiger partial charge is 0.141 e. The van der Waals surface area contributed by atoms with Crippen molar-refractivity contribution in [3.05, 3.63) is 35.6 Å². The highest BCUT2D eigenvalue weighted by atomic mass is 19.1. The molecule has 0 fully saturated rings. The second-order valence-electron chi connectivity index (χ2n) is 3.24. The summed E-state index contributed by atoms with van der Waals surface area (Å²) >= 11 is 0. The van der Waals surface area contributed by atoms with Gasteiger partial charge in [0.15, 0.2) is 0 Å². The lowest BCUT2D eigenvalue weighted by Gasteiger charge is -2.29. The molecular weight excluding hydrogens is 187 g/mol. The second-order valence-corrected chi connectivity index (χ2v) is 3.24. The molecule has 0 amide bonds. The molecule has 0 radical (unpaired) electrons. The Morgan fingerprint density at radius 2 is 2.00 bits per heavy atom. The summed E-state index contributed by atoms with van der Waals surface area (Å²) in [4.78, 5) is 0. The van der Waals surface area contributed by atoms with E-state index in [-0.39, 0.29) is 5.56 Å². The molecule has 2 unspecified atom stereocenters. The van der Waals surface area contributed by atoms with Crippen LogP contribution in [0, 0.1) is 5.82 Å².